The SMILES string of the molecule is CC(C)c1ccc([C@](O)(c2cnnc(CCC3(O)CCCc4cccnc43)c2)C2(C)CN(C)C2)cc1. The number of hydrogen-bond acceptors (Lipinski definition) is 6. The van der Waals surface area contributed by atoms with Gasteiger partial charge in [-0.25, -0.2) is 0 Å². The lowest BCUT2D eigenvalue weighted by molar-refractivity contribution is -0.127. The minimum Gasteiger partial charge on any atom is -0.384 e. The van der Waals surface area contributed by atoms with Crippen molar-refractivity contribution in [1.29, 1.82) is 0 Å². The molecule has 1 saturated heterocycles. The van der Waals surface area contributed by atoms with Crippen molar-refractivity contribution < 1.29 is 10.2 Å². The molecule has 190 valence electrons. The summed E-state index contributed by atoms with van der Waals surface area (Å²) in [6, 6.07) is 14.3. The molecule has 0 bridgehead atoms. The predicted molar refractivity (Wildman–Crippen MR) is 141 cm³/mol. The molecule has 2 aliphatic rings. The molecule has 3 heterocycles. The molecule has 0 amide bonds. The van der Waals surface area contributed by atoms with Gasteiger partial charge >= 0.3 is 0 Å². The van der Waals surface area contributed by atoms with E-state index in [1.165, 1.54) is 5.56 Å². The van der Waals surface area contributed by atoms with Crippen LogP contribution in [0.15, 0.2) is 54.9 Å². The molecule has 0 radical (unpaired) electrons. The van der Waals surface area contributed by atoms with Gasteiger partial charge in [-0.2, -0.15) is 10.2 Å². The number of rotatable bonds is 7. The van der Waals surface area contributed by atoms with E-state index in [2.05, 4.69) is 78.2 Å². The Morgan fingerprint density at radius 3 is 2.56 bits per heavy atom. The second-order valence-corrected chi connectivity index (χ2v) is 11.6. The van der Waals surface area contributed by atoms with Crippen LogP contribution < -0.4 is 0 Å². The molecule has 0 saturated carbocycles. The minimum absolute atomic E-state index is 0.355. The third kappa shape index (κ3) is 4.25. The third-order valence-electron chi connectivity index (χ3n) is 8.39. The summed E-state index contributed by atoms with van der Waals surface area (Å²) in [5, 5.41) is 32.7. The van der Waals surface area contributed by atoms with Crippen LogP contribution in [0.25, 0.3) is 0 Å². The first kappa shape index (κ1) is 25.0. The zero-order valence-electron chi connectivity index (χ0n) is 21.9. The van der Waals surface area contributed by atoms with Gasteiger partial charge in [0.1, 0.15) is 11.2 Å². The molecule has 6 nitrogen and oxygen atoms in total. The molecule has 1 aromatic carbocycles. The maximum absolute atomic E-state index is 12.4. The quantitative estimate of drug-likeness (QED) is 0.517. The fourth-order valence-electron chi connectivity index (χ4n) is 6.40. The molecule has 1 aliphatic carbocycles. The molecule has 1 fully saturated rings. The van der Waals surface area contributed by atoms with E-state index >= 15 is 0 Å². The van der Waals surface area contributed by atoms with Crippen LogP contribution in [0.4, 0.5) is 0 Å². The summed E-state index contributed by atoms with van der Waals surface area (Å²) in [6.45, 7) is 8.08. The molecule has 5 rings (SSSR count). The Morgan fingerprint density at radius 1 is 1.11 bits per heavy atom. The van der Waals surface area contributed by atoms with Crippen LogP contribution in [-0.4, -0.2) is 50.4 Å². The van der Waals surface area contributed by atoms with E-state index in [4.69, 9.17) is 0 Å². The molecule has 0 spiro atoms. The van der Waals surface area contributed by atoms with Gasteiger partial charge in [0, 0.05) is 30.3 Å². The molecule has 6 heteroatoms. The van der Waals surface area contributed by atoms with Crippen molar-refractivity contribution in [3.05, 3.63) is 88.5 Å². The highest BCUT2D eigenvalue weighted by Gasteiger charge is 2.55. The molecule has 36 heavy (non-hydrogen) atoms. The number of benzene rings is 1. The average molecular weight is 487 g/mol. The largest absolute Gasteiger partial charge is 0.384 e. The summed E-state index contributed by atoms with van der Waals surface area (Å²) >= 11 is 0. The van der Waals surface area contributed by atoms with E-state index < -0.39 is 11.2 Å². The maximum Gasteiger partial charge on any atom is 0.124 e. The number of aromatic nitrogens is 3. The summed E-state index contributed by atoms with van der Waals surface area (Å²) in [6.07, 6.45) is 7.14. The predicted octanol–water partition coefficient (Wildman–Crippen LogP) is 4.34. The van der Waals surface area contributed by atoms with Crippen molar-refractivity contribution >= 4 is 0 Å². The highest BCUT2D eigenvalue weighted by atomic mass is 16.3. The van der Waals surface area contributed by atoms with Crippen LogP contribution in [0, 0.1) is 5.41 Å². The smallest absolute Gasteiger partial charge is 0.124 e. The van der Waals surface area contributed by atoms with Crippen LogP contribution in [0.3, 0.4) is 0 Å². The fourth-order valence-corrected chi connectivity index (χ4v) is 6.40. The lowest BCUT2D eigenvalue weighted by Gasteiger charge is -2.55. The van der Waals surface area contributed by atoms with E-state index in [9.17, 15) is 10.2 Å². The number of pyridine rings is 1. The molecule has 2 atom stereocenters. The fraction of sp³-hybridized carbons (Fsp3) is 0.500. The lowest BCUT2D eigenvalue weighted by Crippen LogP contribution is -2.63. The number of likely N-dealkylation sites (tertiary alicyclic amines) is 1. The topological polar surface area (TPSA) is 82.4 Å². The first-order valence-electron chi connectivity index (χ1n) is 13.1. The second kappa shape index (κ2) is 9.33. The van der Waals surface area contributed by atoms with Gasteiger partial charge in [0.2, 0.25) is 0 Å². The van der Waals surface area contributed by atoms with Crippen LogP contribution in [0.2, 0.25) is 0 Å². The van der Waals surface area contributed by atoms with Crippen molar-refractivity contribution in [3.63, 3.8) is 0 Å². The van der Waals surface area contributed by atoms with Crippen molar-refractivity contribution in [2.24, 2.45) is 5.41 Å². The number of fused-ring (bicyclic) bond motifs is 1. The highest BCUT2D eigenvalue weighted by Crippen LogP contribution is 2.50. The minimum atomic E-state index is -1.20. The van der Waals surface area contributed by atoms with Gasteiger partial charge in [0.15, 0.2) is 0 Å². The van der Waals surface area contributed by atoms with Crippen molar-refractivity contribution in [3.8, 4) is 0 Å². The van der Waals surface area contributed by atoms with E-state index in [-0.39, 0.29) is 5.41 Å². The van der Waals surface area contributed by atoms with Crippen molar-refractivity contribution in [2.75, 3.05) is 20.1 Å². The van der Waals surface area contributed by atoms with Crippen LogP contribution in [0.1, 0.15) is 79.6 Å². The van der Waals surface area contributed by atoms with Crippen LogP contribution in [-0.2, 0) is 24.0 Å². The van der Waals surface area contributed by atoms with Crippen molar-refractivity contribution in [1.82, 2.24) is 20.1 Å². The van der Waals surface area contributed by atoms with E-state index in [0.29, 0.717) is 25.2 Å². The van der Waals surface area contributed by atoms with Gasteiger partial charge in [-0.05, 0) is 73.9 Å². The van der Waals surface area contributed by atoms with Crippen LogP contribution >= 0.6 is 0 Å². The normalized spacial score (nSPS) is 23.1. The highest BCUT2D eigenvalue weighted by molar-refractivity contribution is 5.41. The Morgan fingerprint density at radius 2 is 1.86 bits per heavy atom. The molecule has 3 aromatic rings. The second-order valence-electron chi connectivity index (χ2n) is 11.6. The Hall–Kier alpha value is -2.67. The Labute approximate surface area is 214 Å². The van der Waals surface area contributed by atoms with Crippen LogP contribution in [0.5, 0.6) is 0 Å². The summed E-state index contributed by atoms with van der Waals surface area (Å²) in [7, 11) is 2.08. The summed E-state index contributed by atoms with van der Waals surface area (Å²) in [4.78, 5) is 6.76. The Kier molecular flexibility index (Phi) is 6.48. The summed E-state index contributed by atoms with van der Waals surface area (Å²) in [5.41, 5.74) is 3.08. The van der Waals surface area contributed by atoms with Crippen molar-refractivity contribution in [2.45, 2.75) is 70.0 Å². The number of aliphatic hydroxyl groups is 2. The maximum atomic E-state index is 12.4. The Balaban J connectivity index is 1.46. The van der Waals surface area contributed by atoms with Gasteiger partial charge in [-0.15, -0.1) is 0 Å². The summed E-state index contributed by atoms with van der Waals surface area (Å²) in [5.74, 6) is 0.428. The lowest BCUT2D eigenvalue weighted by atomic mass is 9.62. The monoisotopic (exact) mass is 486 g/mol. The molecule has 1 aliphatic heterocycles. The van der Waals surface area contributed by atoms with E-state index in [0.717, 1.165) is 54.0 Å². The van der Waals surface area contributed by atoms with Gasteiger partial charge < -0.3 is 15.1 Å². The standard InChI is InChI=1S/C30H38N4O2/c1-21(2)22-9-11-24(12-10-22)30(36,28(3)19-34(4)20-28)25-17-26(33-32-18-25)13-15-29(35)14-5-7-23-8-6-16-31-27(23)29/h6,8-12,16-18,21,35-36H,5,7,13-15,19-20H2,1-4H3/t29?,30-/m0/s1. The zero-order valence-corrected chi connectivity index (χ0v) is 21.9. The van der Waals surface area contributed by atoms with Gasteiger partial charge in [0.25, 0.3) is 0 Å². The van der Waals surface area contributed by atoms with Gasteiger partial charge in [-0.1, -0.05) is 51.1 Å². The van der Waals surface area contributed by atoms with E-state index in [1.54, 1.807) is 12.4 Å². The Bertz CT molecular complexity index is 1220. The average Bonchev–Trinajstić information content (AvgIpc) is 2.87. The first-order valence-corrected chi connectivity index (χ1v) is 13.1. The van der Waals surface area contributed by atoms with Gasteiger partial charge in [-0.3, -0.25) is 4.98 Å². The molecule has 2 aromatic heterocycles. The molecule has 1 unspecified atom stereocenters. The van der Waals surface area contributed by atoms with Gasteiger partial charge in [0.05, 0.1) is 17.6 Å². The zero-order chi connectivity index (χ0) is 25.6. The number of nitrogens with zero attached hydrogens (tertiary/aromatic N) is 4. The number of aryl methyl sites for hydroxylation is 2. The first-order chi connectivity index (χ1) is 17.1. The number of hydrogen-bond donors (Lipinski definition) is 2. The molecular weight excluding hydrogens is 448 g/mol. The third-order valence-corrected chi connectivity index (χ3v) is 8.39. The van der Waals surface area contributed by atoms with E-state index in [1.807, 2.05) is 12.1 Å². The molecular formula is C30H38N4O2. The molecule has 2 N–H and O–H groups in total. The summed E-state index contributed by atoms with van der Waals surface area (Å²) < 4.78 is 0.